The lowest BCUT2D eigenvalue weighted by molar-refractivity contribution is 0.226. The van der Waals surface area contributed by atoms with Crippen molar-refractivity contribution in [1.82, 2.24) is 24.4 Å². The Morgan fingerprint density at radius 2 is 1.86 bits per heavy atom. The molecule has 2 aromatic carbocycles. The van der Waals surface area contributed by atoms with Gasteiger partial charge in [0.05, 0.1) is 24.7 Å². The quantitative estimate of drug-likeness (QED) is 0.379. The summed E-state index contributed by atoms with van der Waals surface area (Å²) >= 11 is 0. The zero-order chi connectivity index (χ0) is 24.0. The molecule has 2 aromatic heterocycles. The number of methoxy groups -OCH3 is 1. The van der Waals surface area contributed by atoms with Crippen molar-refractivity contribution in [3.05, 3.63) is 72.3 Å². The normalized spacial score (nSPS) is 14.8. The molecule has 0 aliphatic carbocycles. The van der Waals surface area contributed by atoms with Crippen LogP contribution in [-0.4, -0.2) is 63.7 Å². The third kappa shape index (κ3) is 5.68. The van der Waals surface area contributed by atoms with E-state index in [1.54, 1.807) is 13.2 Å². The molecule has 0 saturated carbocycles. The number of hydrogen-bond donors (Lipinski definition) is 2. The minimum absolute atomic E-state index is 0.221. The van der Waals surface area contributed by atoms with E-state index in [1.165, 1.54) is 18.5 Å². The summed E-state index contributed by atoms with van der Waals surface area (Å²) in [4.78, 5) is 15.6. The molecule has 1 aliphatic heterocycles. The Bertz CT molecular complexity index is 1250. The van der Waals surface area contributed by atoms with E-state index in [0.29, 0.717) is 18.5 Å². The van der Waals surface area contributed by atoms with Crippen LogP contribution in [0.5, 0.6) is 5.88 Å². The minimum atomic E-state index is -0.221. The van der Waals surface area contributed by atoms with Crippen LogP contribution in [0, 0.1) is 5.82 Å². The summed E-state index contributed by atoms with van der Waals surface area (Å²) in [6.07, 6.45) is 3.59. The maximum Gasteiger partial charge on any atom is 0.218 e. The number of para-hydroxylation sites is 2. The van der Waals surface area contributed by atoms with Crippen molar-refractivity contribution in [2.45, 2.75) is 25.4 Å². The molecule has 0 amide bonds. The molecule has 1 aliphatic rings. The molecule has 3 heterocycles. The number of ether oxygens (including phenoxy) is 1. The first kappa shape index (κ1) is 23.0. The summed E-state index contributed by atoms with van der Waals surface area (Å²) in [7, 11) is 1.60. The zero-order valence-electron chi connectivity index (χ0n) is 19.8. The average Bonchev–Trinajstić information content (AvgIpc) is 3.23. The number of nitrogens with zero attached hydrogens (tertiary/aromatic N) is 5. The summed E-state index contributed by atoms with van der Waals surface area (Å²) in [5, 5.41) is 7.03. The highest BCUT2D eigenvalue weighted by Crippen LogP contribution is 2.24. The lowest BCUT2D eigenvalue weighted by Gasteiger charge is -2.32. The van der Waals surface area contributed by atoms with Gasteiger partial charge in [-0.15, -0.1) is 0 Å². The van der Waals surface area contributed by atoms with E-state index < -0.39 is 0 Å². The summed E-state index contributed by atoms with van der Waals surface area (Å²) in [5.74, 6) is 1.97. The molecular formula is C26H30FN7O. The number of fused-ring (bicyclic) bond motifs is 1. The summed E-state index contributed by atoms with van der Waals surface area (Å²) in [6, 6.07) is 17.0. The lowest BCUT2D eigenvalue weighted by atomic mass is 10.1. The monoisotopic (exact) mass is 475 g/mol. The number of likely N-dealkylation sites (tertiary alicyclic amines) is 1. The number of aromatic nitrogens is 4. The molecule has 1 saturated heterocycles. The fraction of sp³-hybridized carbons (Fsp3) is 0.346. The minimum Gasteiger partial charge on any atom is -0.481 e. The van der Waals surface area contributed by atoms with Gasteiger partial charge in [0.1, 0.15) is 18.0 Å². The first-order valence-corrected chi connectivity index (χ1v) is 12.0. The summed E-state index contributed by atoms with van der Waals surface area (Å²) in [6.45, 7) is 4.44. The van der Waals surface area contributed by atoms with Crippen molar-refractivity contribution in [3.8, 4) is 5.88 Å². The van der Waals surface area contributed by atoms with Crippen LogP contribution in [0.15, 0.2) is 60.9 Å². The second kappa shape index (κ2) is 10.7. The van der Waals surface area contributed by atoms with Crippen molar-refractivity contribution in [3.63, 3.8) is 0 Å². The van der Waals surface area contributed by atoms with Crippen LogP contribution in [0.1, 0.15) is 18.4 Å². The maximum absolute atomic E-state index is 13.4. The second-order valence-electron chi connectivity index (χ2n) is 8.77. The van der Waals surface area contributed by atoms with Gasteiger partial charge in [-0.2, -0.15) is 0 Å². The van der Waals surface area contributed by atoms with Crippen LogP contribution in [-0.2, 0) is 6.54 Å². The molecule has 1 fully saturated rings. The first-order valence-electron chi connectivity index (χ1n) is 12.0. The number of anilines is 2. The Balaban J connectivity index is 1.18. The van der Waals surface area contributed by atoms with E-state index in [0.717, 1.165) is 67.4 Å². The summed E-state index contributed by atoms with van der Waals surface area (Å²) in [5.41, 5.74) is 3.08. The molecule has 5 rings (SSSR count). The zero-order valence-corrected chi connectivity index (χ0v) is 19.8. The Hall–Kier alpha value is -3.72. The highest BCUT2D eigenvalue weighted by molar-refractivity contribution is 5.78. The van der Waals surface area contributed by atoms with Gasteiger partial charge < -0.3 is 24.8 Å². The molecule has 0 atom stereocenters. The number of benzene rings is 2. The Labute approximate surface area is 204 Å². The van der Waals surface area contributed by atoms with Crippen molar-refractivity contribution < 1.29 is 9.13 Å². The molecule has 35 heavy (non-hydrogen) atoms. The Morgan fingerprint density at radius 1 is 1.06 bits per heavy atom. The van der Waals surface area contributed by atoms with Gasteiger partial charge in [-0.25, -0.2) is 19.3 Å². The van der Waals surface area contributed by atoms with E-state index in [1.807, 2.05) is 30.3 Å². The highest BCUT2D eigenvalue weighted by atomic mass is 19.1. The SMILES string of the molecule is COc1cc(NCCN2CCC(Nc3nc4ccccc4n3Cc3ccc(F)cc3)CC2)ncn1. The van der Waals surface area contributed by atoms with Crippen LogP contribution >= 0.6 is 0 Å². The van der Waals surface area contributed by atoms with Crippen LogP contribution < -0.4 is 15.4 Å². The lowest BCUT2D eigenvalue weighted by Crippen LogP contribution is -2.41. The van der Waals surface area contributed by atoms with Crippen molar-refractivity contribution in [2.75, 3.05) is 43.9 Å². The van der Waals surface area contributed by atoms with Crippen molar-refractivity contribution in [2.24, 2.45) is 0 Å². The molecule has 182 valence electrons. The topological polar surface area (TPSA) is 80.1 Å². The fourth-order valence-corrected chi connectivity index (χ4v) is 4.49. The van der Waals surface area contributed by atoms with E-state index in [4.69, 9.17) is 9.72 Å². The summed E-state index contributed by atoms with van der Waals surface area (Å²) < 4.78 is 20.7. The van der Waals surface area contributed by atoms with Crippen LogP contribution in [0.3, 0.4) is 0 Å². The fourth-order valence-electron chi connectivity index (χ4n) is 4.49. The van der Waals surface area contributed by atoms with E-state index in [2.05, 4.69) is 36.1 Å². The molecule has 9 heteroatoms. The molecule has 0 unspecified atom stereocenters. The Kier molecular flexibility index (Phi) is 7.04. The maximum atomic E-state index is 13.4. The highest BCUT2D eigenvalue weighted by Gasteiger charge is 2.21. The number of piperidine rings is 1. The van der Waals surface area contributed by atoms with Gasteiger partial charge in [0.25, 0.3) is 0 Å². The van der Waals surface area contributed by atoms with Crippen molar-refractivity contribution >= 4 is 22.8 Å². The van der Waals surface area contributed by atoms with Gasteiger partial charge in [-0.3, -0.25) is 0 Å². The molecule has 4 aromatic rings. The molecule has 0 spiro atoms. The molecule has 0 radical (unpaired) electrons. The molecule has 8 nitrogen and oxygen atoms in total. The predicted octanol–water partition coefficient (Wildman–Crippen LogP) is 4.01. The van der Waals surface area contributed by atoms with Gasteiger partial charge in [-0.05, 0) is 42.7 Å². The standard InChI is InChI=1S/C26H30FN7O/c1-35-25-16-24(29-18-30-25)28-12-15-33-13-10-21(11-14-33)31-26-32-22-4-2-3-5-23(22)34(26)17-19-6-8-20(27)9-7-19/h2-9,16,18,21H,10-15,17H2,1H3,(H,31,32)(H,28,29,30). The Morgan fingerprint density at radius 3 is 2.66 bits per heavy atom. The van der Waals surface area contributed by atoms with Gasteiger partial charge in [-0.1, -0.05) is 24.3 Å². The van der Waals surface area contributed by atoms with E-state index in [-0.39, 0.29) is 5.82 Å². The third-order valence-corrected chi connectivity index (χ3v) is 6.41. The number of hydrogen-bond acceptors (Lipinski definition) is 7. The van der Waals surface area contributed by atoms with Crippen LogP contribution in [0.2, 0.25) is 0 Å². The van der Waals surface area contributed by atoms with Gasteiger partial charge in [0.2, 0.25) is 11.8 Å². The van der Waals surface area contributed by atoms with Gasteiger partial charge in [0.15, 0.2) is 0 Å². The van der Waals surface area contributed by atoms with Crippen LogP contribution in [0.25, 0.3) is 11.0 Å². The van der Waals surface area contributed by atoms with E-state index in [9.17, 15) is 4.39 Å². The van der Waals surface area contributed by atoms with Crippen LogP contribution in [0.4, 0.5) is 16.2 Å². The molecule has 0 bridgehead atoms. The second-order valence-corrected chi connectivity index (χ2v) is 8.77. The number of imidazole rings is 1. The molecular weight excluding hydrogens is 445 g/mol. The average molecular weight is 476 g/mol. The molecule has 2 N–H and O–H groups in total. The smallest absolute Gasteiger partial charge is 0.218 e. The van der Waals surface area contributed by atoms with E-state index >= 15 is 0 Å². The first-order chi connectivity index (χ1) is 17.2. The van der Waals surface area contributed by atoms with Crippen molar-refractivity contribution in [1.29, 1.82) is 0 Å². The number of rotatable bonds is 9. The number of nitrogens with one attached hydrogen (secondary N) is 2. The largest absolute Gasteiger partial charge is 0.481 e. The predicted molar refractivity (Wildman–Crippen MR) is 135 cm³/mol. The third-order valence-electron chi connectivity index (χ3n) is 6.41. The van der Waals surface area contributed by atoms with Gasteiger partial charge in [0, 0.05) is 38.3 Å². The van der Waals surface area contributed by atoms with Gasteiger partial charge >= 0.3 is 0 Å². The number of halogens is 1.